The molecule has 166 valence electrons. The van der Waals surface area contributed by atoms with Crippen LogP contribution in [-0.2, 0) is 13.0 Å². The van der Waals surface area contributed by atoms with Gasteiger partial charge in [-0.3, -0.25) is 4.79 Å². The van der Waals surface area contributed by atoms with E-state index in [0.29, 0.717) is 25.5 Å². The SMILES string of the molecule is CCC.Cc1cc(CNC(=O)c2sc(C)c3c2CC[C@H]3C)cc(C)c1OCCCO. The lowest BCUT2D eigenvalue weighted by atomic mass is 10.0. The number of aliphatic hydroxyl groups excluding tert-OH is 1. The molecule has 1 atom stereocenters. The van der Waals surface area contributed by atoms with Gasteiger partial charge in [0.25, 0.3) is 5.91 Å². The number of nitrogens with one attached hydrogen (secondary N) is 1. The average molecular weight is 432 g/mol. The summed E-state index contributed by atoms with van der Waals surface area (Å²) in [7, 11) is 0. The maximum Gasteiger partial charge on any atom is 0.261 e. The Morgan fingerprint density at radius 2 is 1.87 bits per heavy atom. The standard InChI is InChI=1S/C22H29NO3S.C3H8/c1-13-6-7-18-19(13)16(4)27-21(18)22(25)23-12-17-10-14(2)20(15(3)11-17)26-9-5-8-24;1-3-2/h10-11,13,24H,5-9,12H2,1-4H3,(H,23,25);3H2,1-2H3/t13-;/m1./s1. The molecule has 0 bridgehead atoms. The second kappa shape index (κ2) is 11.5. The van der Waals surface area contributed by atoms with E-state index in [1.807, 2.05) is 13.8 Å². The maximum absolute atomic E-state index is 12.8. The summed E-state index contributed by atoms with van der Waals surface area (Å²) in [5.41, 5.74) is 5.85. The molecule has 1 amide bonds. The number of hydrogen-bond donors (Lipinski definition) is 2. The number of aliphatic hydroxyl groups is 1. The minimum atomic E-state index is 0.0389. The number of carbonyl (C=O) groups excluding carboxylic acids is 1. The molecule has 2 N–H and O–H groups in total. The molecule has 0 radical (unpaired) electrons. The lowest BCUT2D eigenvalue weighted by Gasteiger charge is -2.14. The van der Waals surface area contributed by atoms with Crippen molar-refractivity contribution in [1.82, 2.24) is 5.32 Å². The molecule has 3 rings (SSSR count). The van der Waals surface area contributed by atoms with Crippen molar-refractivity contribution in [3.05, 3.63) is 49.7 Å². The highest BCUT2D eigenvalue weighted by Gasteiger charge is 2.28. The van der Waals surface area contributed by atoms with Crippen molar-refractivity contribution in [3.63, 3.8) is 0 Å². The summed E-state index contributed by atoms with van der Waals surface area (Å²) in [5.74, 6) is 1.48. The predicted octanol–water partition coefficient (Wildman–Crippen LogP) is 5.83. The smallest absolute Gasteiger partial charge is 0.261 e. The fraction of sp³-hybridized carbons (Fsp3) is 0.560. The van der Waals surface area contributed by atoms with Gasteiger partial charge in [0.15, 0.2) is 0 Å². The van der Waals surface area contributed by atoms with Gasteiger partial charge in [-0.05, 0) is 67.3 Å². The van der Waals surface area contributed by atoms with Crippen molar-refractivity contribution >= 4 is 17.2 Å². The summed E-state index contributed by atoms with van der Waals surface area (Å²) in [6, 6.07) is 4.13. The van der Waals surface area contributed by atoms with E-state index in [1.165, 1.54) is 22.4 Å². The summed E-state index contributed by atoms with van der Waals surface area (Å²) in [4.78, 5) is 14.9. The first-order valence-electron chi connectivity index (χ1n) is 11.1. The van der Waals surface area contributed by atoms with Crippen LogP contribution in [0.1, 0.15) is 88.3 Å². The van der Waals surface area contributed by atoms with Gasteiger partial charge in [0, 0.05) is 24.4 Å². The third kappa shape index (κ3) is 5.86. The Bertz CT molecular complexity index is 833. The van der Waals surface area contributed by atoms with Crippen molar-refractivity contribution in [3.8, 4) is 5.75 Å². The normalized spacial score (nSPS) is 14.7. The zero-order valence-corrected chi connectivity index (χ0v) is 20.2. The Morgan fingerprint density at radius 3 is 2.47 bits per heavy atom. The first-order chi connectivity index (χ1) is 14.3. The molecule has 30 heavy (non-hydrogen) atoms. The van der Waals surface area contributed by atoms with Crippen LogP contribution in [-0.4, -0.2) is 24.2 Å². The second-order valence-corrected chi connectivity index (χ2v) is 9.42. The Kier molecular flexibility index (Phi) is 9.37. The van der Waals surface area contributed by atoms with Crippen LogP contribution in [0.3, 0.4) is 0 Å². The average Bonchev–Trinajstić information content (AvgIpc) is 3.23. The molecule has 0 unspecified atom stereocenters. The van der Waals surface area contributed by atoms with Gasteiger partial charge in [-0.2, -0.15) is 0 Å². The van der Waals surface area contributed by atoms with Crippen LogP contribution in [0.4, 0.5) is 0 Å². The summed E-state index contributed by atoms with van der Waals surface area (Å²) in [5, 5.41) is 12.0. The number of fused-ring (bicyclic) bond motifs is 1. The zero-order valence-electron chi connectivity index (χ0n) is 19.4. The number of aryl methyl sites for hydroxylation is 3. The van der Waals surface area contributed by atoms with Crippen LogP contribution < -0.4 is 10.1 Å². The highest BCUT2D eigenvalue weighted by Crippen LogP contribution is 2.41. The van der Waals surface area contributed by atoms with E-state index < -0.39 is 0 Å². The zero-order chi connectivity index (χ0) is 22.3. The number of thiophene rings is 1. The largest absolute Gasteiger partial charge is 0.493 e. The molecule has 1 aromatic carbocycles. The molecule has 1 heterocycles. The van der Waals surface area contributed by atoms with Crippen LogP contribution in [0, 0.1) is 20.8 Å². The molecular weight excluding hydrogens is 394 g/mol. The monoisotopic (exact) mass is 431 g/mol. The lowest BCUT2D eigenvalue weighted by molar-refractivity contribution is 0.0954. The number of amides is 1. The highest BCUT2D eigenvalue weighted by molar-refractivity contribution is 7.14. The van der Waals surface area contributed by atoms with E-state index in [2.05, 4.69) is 45.1 Å². The van der Waals surface area contributed by atoms with Crippen LogP contribution in [0.15, 0.2) is 12.1 Å². The molecule has 1 aliphatic rings. The number of rotatable bonds is 7. The van der Waals surface area contributed by atoms with E-state index in [0.717, 1.165) is 40.2 Å². The molecule has 0 spiro atoms. The molecule has 0 fully saturated rings. The van der Waals surface area contributed by atoms with Gasteiger partial charge in [0.2, 0.25) is 0 Å². The van der Waals surface area contributed by atoms with Gasteiger partial charge in [0.1, 0.15) is 5.75 Å². The van der Waals surface area contributed by atoms with Gasteiger partial charge >= 0.3 is 0 Å². The molecule has 5 heteroatoms. The van der Waals surface area contributed by atoms with E-state index in [1.54, 1.807) is 11.3 Å². The highest BCUT2D eigenvalue weighted by atomic mass is 32.1. The van der Waals surface area contributed by atoms with E-state index in [9.17, 15) is 4.79 Å². The van der Waals surface area contributed by atoms with E-state index in [-0.39, 0.29) is 12.5 Å². The molecule has 0 aliphatic heterocycles. The lowest BCUT2D eigenvalue weighted by Crippen LogP contribution is -2.23. The Hall–Kier alpha value is -1.85. The minimum absolute atomic E-state index is 0.0389. The van der Waals surface area contributed by atoms with Crippen molar-refractivity contribution in [2.45, 2.75) is 79.7 Å². The Morgan fingerprint density at radius 1 is 1.23 bits per heavy atom. The summed E-state index contributed by atoms with van der Waals surface area (Å²) >= 11 is 1.63. The number of benzene rings is 1. The minimum Gasteiger partial charge on any atom is -0.493 e. The third-order valence-corrected chi connectivity index (χ3v) is 6.44. The molecule has 2 aromatic rings. The van der Waals surface area contributed by atoms with Crippen molar-refractivity contribution < 1.29 is 14.6 Å². The van der Waals surface area contributed by atoms with Gasteiger partial charge in [-0.15, -0.1) is 11.3 Å². The Labute approximate surface area is 185 Å². The molecule has 1 aliphatic carbocycles. The maximum atomic E-state index is 12.8. The molecule has 4 nitrogen and oxygen atoms in total. The third-order valence-electron chi connectivity index (χ3n) is 5.28. The quantitative estimate of drug-likeness (QED) is 0.542. The summed E-state index contributed by atoms with van der Waals surface area (Å²) < 4.78 is 5.78. The first-order valence-corrected chi connectivity index (χ1v) is 11.9. The van der Waals surface area contributed by atoms with Crippen LogP contribution >= 0.6 is 11.3 Å². The van der Waals surface area contributed by atoms with Gasteiger partial charge in [0.05, 0.1) is 11.5 Å². The van der Waals surface area contributed by atoms with Crippen LogP contribution in [0.2, 0.25) is 0 Å². The first kappa shape index (κ1) is 24.4. The van der Waals surface area contributed by atoms with Crippen LogP contribution in [0.5, 0.6) is 5.75 Å². The van der Waals surface area contributed by atoms with Gasteiger partial charge in [-0.1, -0.05) is 39.3 Å². The fourth-order valence-electron chi connectivity index (χ4n) is 4.06. The van der Waals surface area contributed by atoms with Gasteiger partial charge < -0.3 is 15.2 Å². The molecule has 0 saturated heterocycles. The van der Waals surface area contributed by atoms with Crippen molar-refractivity contribution in [2.24, 2.45) is 0 Å². The van der Waals surface area contributed by atoms with Crippen LogP contribution in [0.25, 0.3) is 0 Å². The molecular formula is C25H37NO3S. The Balaban J connectivity index is 0.00000101. The second-order valence-electron chi connectivity index (χ2n) is 8.19. The van der Waals surface area contributed by atoms with E-state index >= 15 is 0 Å². The number of hydrogen-bond acceptors (Lipinski definition) is 4. The van der Waals surface area contributed by atoms with Crippen molar-refractivity contribution in [2.75, 3.05) is 13.2 Å². The topological polar surface area (TPSA) is 58.6 Å². The predicted molar refractivity (Wildman–Crippen MR) is 126 cm³/mol. The summed E-state index contributed by atoms with van der Waals surface area (Å²) in [6.07, 6.45) is 4.04. The van der Waals surface area contributed by atoms with E-state index in [4.69, 9.17) is 9.84 Å². The fourth-order valence-corrected chi connectivity index (χ4v) is 5.30. The number of carbonyl (C=O) groups is 1. The molecule has 0 saturated carbocycles. The number of ether oxygens (including phenoxy) is 1. The molecule has 1 aromatic heterocycles. The summed E-state index contributed by atoms with van der Waals surface area (Å²) in [6.45, 7) is 13.8. The van der Waals surface area contributed by atoms with Gasteiger partial charge in [-0.25, -0.2) is 0 Å². The van der Waals surface area contributed by atoms with Crippen molar-refractivity contribution in [1.29, 1.82) is 0 Å².